The van der Waals surface area contributed by atoms with Crippen molar-refractivity contribution in [1.29, 1.82) is 0 Å². The van der Waals surface area contributed by atoms with Gasteiger partial charge in [0.05, 0.1) is 11.4 Å². The van der Waals surface area contributed by atoms with Crippen molar-refractivity contribution in [3.05, 3.63) is 71.3 Å². The van der Waals surface area contributed by atoms with Crippen LogP contribution in [0.1, 0.15) is 42.6 Å². The quantitative estimate of drug-likeness (QED) is 0.647. The molecular weight excluding hydrogens is 376 g/mol. The van der Waals surface area contributed by atoms with Crippen LogP contribution in [0.3, 0.4) is 0 Å². The van der Waals surface area contributed by atoms with Crippen LogP contribution in [-0.2, 0) is 0 Å². The first-order chi connectivity index (χ1) is 13.5. The minimum atomic E-state index is -0.265. The lowest BCUT2D eigenvalue weighted by atomic mass is 9.94. The molecule has 0 bridgehead atoms. The first-order valence-electron chi connectivity index (χ1n) is 10.0. The second-order valence-electron chi connectivity index (χ2n) is 7.74. The van der Waals surface area contributed by atoms with Gasteiger partial charge in [-0.3, -0.25) is 0 Å². The second-order valence-corrected chi connectivity index (χ2v) is 8.95. The molecule has 1 saturated heterocycles. The average molecular weight is 406 g/mol. The van der Waals surface area contributed by atoms with E-state index in [0.717, 1.165) is 42.9 Å². The molecule has 1 fully saturated rings. The number of aliphatic hydroxyl groups is 1. The third-order valence-corrected chi connectivity index (χ3v) is 6.73. The summed E-state index contributed by atoms with van der Waals surface area (Å²) in [6.45, 7) is 4.71. The van der Waals surface area contributed by atoms with Crippen LogP contribution < -0.4 is 0 Å². The van der Waals surface area contributed by atoms with Crippen molar-refractivity contribution in [2.45, 2.75) is 37.5 Å². The Morgan fingerprint density at radius 3 is 1.93 bits per heavy atom. The minimum Gasteiger partial charge on any atom is -0.392 e. The molecule has 2 nitrogen and oxygen atoms in total. The zero-order valence-corrected chi connectivity index (χ0v) is 17.2. The monoisotopic (exact) mass is 405 g/mol. The Hall–Kier alpha value is -1.43. The van der Waals surface area contributed by atoms with Gasteiger partial charge in [0.15, 0.2) is 0 Å². The Kier molecular flexibility index (Phi) is 7.89. The smallest absolute Gasteiger partial charge is 0.123 e. The van der Waals surface area contributed by atoms with Crippen LogP contribution in [-0.4, -0.2) is 41.5 Å². The molecule has 0 amide bonds. The summed E-state index contributed by atoms with van der Waals surface area (Å²) in [5.74, 6) is 1.24. The summed E-state index contributed by atoms with van der Waals surface area (Å²) in [6.07, 6.45) is 3.22. The number of halogens is 2. The molecule has 0 spiro atoms. The van der Waals surface area contributed by atoms with Gasteiger partial charge in [0, 0.05) is 6.54 Å². The normalized spacial score (nSPS) is 17.2. The largest absolute Gasteiger partial charge is 0.392 e. The molecule has 1 aliphatic rings. The SMILES string of the molecule is C[C@@H](O)CN1CCC(CCSC(c2ccc(F)cc2)c2ccc(F)cc2)CC1. The van der Waals surface area contributed by atoms with Crippen LogP contribution in [0.2, 0.25) is 0 Å². The van der Waals surface area contributed by atoms with Gasteiger partial charge in [0.1, 0.15) is 11.6 Å². The van der Waals surface area contributed by atoms with Crippen molar-refractivity contribution < 1.29 is 13.9 Å². The van der Waals surface area contributed by atoms with Gasteiger partial charge in [-0.15, -0.1) is 11.8 Å². The fourth-order valence-corrected chi connectivity index (χ4v) is 5.25. The minimum absolute atomic E-state index is 0.0801. The Labute approximate surface area is 171 Å². The van der Waals surface area contributed by atoms with Crippen LogP contribution in [0, 0.1) is 17.6 Å². The number of β-amino-alcohol motifs (C(OH)–C–C–N with tert-alkyl or cyclic N) is 1. The van der Waals surface area contributed by atoms with Crippen LogP contribution >= 0.6 is 11.8 Å². The van der Waals surface area contributed by atoms with Crippen molar-refractivity contribution in [2.24, 2.45) is 5.92 Å². The predicted molar refractivity (Wildman–Crippen MR) is 113 cm³/mol. The van der Waals surface area contributed by atoms with E-state index in [1.807, 2.05) is 43.0 Å². The third kappa shape index (κ3) is 6.29. The van der Waals surface area contributed by atoms with Gasteiger partial charge in [-0.2, -0.15) is 0 Å². The fraction of sp³-hybridized carbons (Fsp3) is 0.478. The fourth-order valence-electron chi connectivity index (χ4n) is 3.84. The molecule has 0 aliphatic carbocycles. The molecule has 0 saturated carbocycles. The standard InChI is InChI=1S/C23H29F2NOS/c1-17(27)16-26-13-10-18(11-14-26)12-15-28-23(19-2-6-21(24)7-3-19)20-4-8-22(25)9-5-20/h2-9,17-18,23,27H,10-16H2,1H3/t17-/m1/s1. The zero-order valence-electron chi connectivity index (χ0n) is 16.4. The zero-order chi connectivity index (χ0) is 19.9. The maximum atomic E-state index is 13.3. The predicted octanol–water partition coefficient (Wildman–Crippen LogP) is 5.27. The van der Waals surface area contributed by atoms with Crippen LogP contribution in [0.25, 0.3) is 0 Å². The topological polar surface area (TPSA) is 23.5 Å². The Balaban J connectivity index is 1.57. The first kappa shape index (κ1) is 21.3. The van der Waals surface area contributed by atoms with Gasteiger partial charge in [0.25, 0.3) is 0 Å². The van der Waals surface area contributed by atoms with E-state index in [1.165, 1.54) is 37.1 Å². The van der Waals surface area contributed by atoms with E-state index in [-0.39, 0.29) is 23.0 Å². The summed E-state index contributed by atoms with van der Waals surface area (Å²) in [4.78, 5) is 2.34. The summed E-state index contributed by atoms with van der Waals surface area (Å²) >= 11 is 1.85. The number of rotatable bonds is 8. The number of aliphatic hydroxyl groups excluding tert-OH is 1. The highest BCUT2D eigenvalue weighted by Gasteiger charge is 2.21. The molecule has 2 aromatic rings. The molecule has 152 valence electrons. The Bertz CT molecular complexity index is 667. The Morgan fingerprint density at radius 2 is 1.46 bits per heavy atom. The average Bonchev–Trinajstić information content (AvgIpc) is 2.68. The number of benzene rings is 2. The van der Waals surface area contributed by atoms with E-state index >= 15 is 0 Å². The van der Waals surface area contributed by atoms with E-state index in [4.69, 9.17) is 0 Å². The van der Waals surface area contributed by atoms with Gasteiger partial charge in [-0.05, 0) is 86.3 Å². The molecular formula is C23H29F2NOS. The molecule has 28 heavy (non-hydrogen) atoms. The van der Waals surface area contributed by atoms with Gasteiger partial charge in [-0.1, -0.05) is 24.3 Å². The summed E-state index contributed by atoms with van der Waals surface area (Å²) in [5.41, 5.74) is 2.09. The summed E-state index contributed by atoms with van der Waals surface area (Å²) in [6, 6.07) is 13.3. The molecule has 2 aromatic carbocycles. The lowest BCUT2D eigenvalue weighted by Crippen LogP contribution is -2.38. The lowest BCUT2D eigenvalue weighted by Gasteiger charge is -2.32. The molecule has 0 aromatic heterocycles. The third-order valence-electron chi connectivity index (χ3n) is 5.39. The van der Waals surface area contributed by atoms with Gasteiger partial charge in [0.2, 0.25) is 0 Å². The van der Waals surface area contributed by atoms with Crippen molar-refractivity contribution in [2.75, 3.05) is 25.4 Å². The van der Waals surface area contributed by atoms with E-state index in [1.54, 1.807) is 0 Å². The molecule has 1 atom stereocenters. The number of likely N-dealkylation sites (tertiary alicyclic amines) is 1. The Morgan fingerprint density at radius 1 is 0.964 bits per heavy atom. The highest BCUT2D eigenvalue weighted by molar-refractivity contribution is 7.99. The number of thioether (sulfide) groups is 1. The maximum absolute atomic E-state index is 13.3. The van der Waals surface area contributed by atoms with Crippen LogP contribution in [0.15, 0.2) is 48.5 Å². The number of hydrogen-bond acceptors (Lipinski definition) is 3. The summed E-state index contributed by atoms with van der Waals surface area (Å²) in [5, 5.41) is 9.61. The van der Waals surface area contributed by atoms with Crippen molar-refractivity contribution in [1.82, 2.24) is 4.90 Å². The summed E-state index contributed by atoms with van der Waals surface area (Å²) < 4.78 is 26.7. The van der Waals surface area contributed by atoms with E-state index in [9.17, 15) is 13.9 Å². The highest BCUT2D eigenvalue weighted by Crippen LogP contribution is 2.37. The van der Waals surface area contributed by atoms with E-state index in [2.05, 4.69) is 4.90 Å². The van der Waals surface area contributed by atoms with Gasteiger partial charge in [-0.25, -0.2) is 8.78 Å². The van der Waals surface area contributed by atoms with Crippen molar-refractivity contribution >= 4 is 11.8 Å². The maximum Gasteiger partial charge on any atom is 0.123 e. The lowest BCUT2D eigenvalue weighted by molar-refractivity contribution is 0.0996. The van der Waals surface area contributed by atoms with Crippen LogP contribution in [0.4, 0.5) is 8.78 Å². The highest BCUT2D eigenvalue weighted by atomic mass is 32.2. The molecule has 1 aliphatic heterocycles. The molecule has 5 heteroatoms. The molecule has 1 N–H and O–H groups in total. The molecule has 0 unspecified atom stereocenters. The van der Waals surface area contributed by atoms with Crippen molar-refractivity contribution in [3.63, 3.8) is 0 Å². The first-order valence-corrected chi connectivity index (χ1v) is 11.1. The van der Waals surface area contributed by atoms with Crippen LogP contribution in [0.5, 0.6) is 0 Å². The van der Waals surface area contributed by atoms with E-state index < -0.39 is 0 Å². The number of piperidine rings is 1. The second kappa shape index (κ2) is 10.4. The molecule has 1 heterocycles. The van der Waals surface area contributed by atoms with Crippen molar-refractivity contribution in [3.8, 4) is 0 Å². The molecule has 0 radical (unpaired) electrons. The van der Waals surface area contributed by atoms with Gasteiger partial charge < -0.3 is 10.0 Å². The van der Waals surface area contributed by atoms with Gasteiger partial charge >= 0.3 is 0 Å². The number of hydrogen-bond donors (Lipinski definition) is 1. The molecule has 3 rings (SSSR count). The number of nitrogens with zero attached hydrogens (tertiary/aromatic N) is 1. The summed E-state index contributed by atoms with van der Waals surface area (Å²) in [7, 11) is 0. The van der Waals surface area contributed by atoms with E-state index in [0.29, 0.717) is 5.92 Å².